The van der Waals surface area contributed by atoms with Crippen molar-refractivity contribution in [3.05, 3.63) is 54.1 Å². The second kappa shape index (κ2) is 13.0. The molecule has 192 valence electrons. The van der Waals surface area contributed by atoms with Gasteiger partial charge in [-0.25, -0.2) is 8.42 Å². The number of sulfonamides is 1. The summed E-state index contributed by atoms with van der Waals surface area (Å²) in [6.45, 7) is 3.91. The van der Waals surface area contributed by atoms with Gasteiger partial charge in [0, 0.05) is 13.1 Å². The maximum Gasteiger partial charge on any atom is 0.244 e. The average Bonchev–Trinajstić information content (AvgIpc) is 2.85. The van der Waals surface area contributed by atoms with Gasteiger partial charge < -0.3 is 19.7 Å². The molecule has 2 aromatic carbocycles. The van der Waals surface area contributed by atoms with Gasteiger partial charge in [0.1, 0.15) is 24.1 Å². The van der Waals surface area contributed by atoms with Crippen molar-refractivity contribution < 1.29 is 27.5 Å². The van der Waals surface area contributed by atoms with Gasteiger partial charge in [-0.2, -0.15) is 0 Å². The van der Waals surface area contributed by atoms with E-state index in [1.54, 1.807) is 49.6 Å². The number of benzene rings is 2. The van der Waals surface area contributed by atoms with Crippen LogP contribution in [0.4, 0.5) is 5.69 Å². The number of hydrogen-bond acceptors (Lipinski definition) is 6. The van der Waals surface area contributed by atoms with Gasteiger partial charge in [-0.3, -0.25) is 13.9 Å². The fraction of sp³-hybridized carbons (Fsp3) is 0.440. The highest BCUT2D eigenvalue weighted by atomic mass is 32.2. The normalized spacial score (nSPS) is 11.9. The van der Waals surface area contributed by atoms with E-state index in [0.717, 1.165) is 22.5 Å². The molecule has 1 atom stereocenters. The van der Waals surface area contributed by atoms with E-state index in [1.807, 2.05) is 19.9 Å². The van der Waals surface area contributed by atoms with Crippen LogP contribution in [-0.4, -0.2) is 64.7 Å². The zero-order chi connectivity index (χ0) is 26.0. The Hall–Kier alpha value is -3.27. The van der Waals surface area contributed by atoms with Crippen molar-refractivity contribution in [1.82, 2.24) is 10.2 Å². The fourth-order valence-corrected chi connectivity index (χ4v) is 4.46. The zero-order valence-corrected chi connectivity index (χ0v) is 21.8. The van der Waals surface area contributed by atoms with Crippen LogP contribution in [0, 0.1) is 0 Å². The number of rotatable bonds is 13. The lowest BCUT2D eigenvalue weighted by atomic mass is 10.1. The first-order chi connectivity index (χ1) is 16.6. The highest BCUT2D eigenvalue weighted by molar-refractivity contribution is 7.92. The summed E-state index contributed by atoms with van der Waals surface area (Å²) in [5, 5.41) is 2.85. The summed E-state index contributed by atoms with van der Waals surface area (Å²) >= 11 is 0. The molecular formula is C25H35N3O6S. The molecule has 0 spiro atoms. The molecule has 0 saturated carbocycles. The summed E-state index contributed by atoms with van der Waals surface area (Å²) in [5.41, 5.74) is 1.08. The zero-order valence-electron chi connectivity index (χ0n) is 21.0. The van der Waals surface area contributed by atoms with Crippen molar-refractivity contribution in [3.8, 4) is 11.5 Å². The van der Waals surface area contributed by atoms with Gasteiger partial charge in [0.2, 0.25) is 21.8 Å². The van der Waals surface area contributed by atoms with Crippen LogP contribution in [0.3, 0.4) is 0 Å². The van der Waals surface area contributed by atoms with E-state index < -0.39 is 28.5 Å². The van der Waals surface area contributed by atoms with Crippen molar-refractivity contribution >= 4 is 27.5 Å². The van der Waals surface area contributed by atoms with Crippen molar-refractivity contribution in [3.63, 3.8) is 0 Å². The minimum Gasteiger partial charge on any atom is -0.497 e. The first kappa shape index (κ1) is 28.0. The second-order valence-electron chi connectivity index (χ2n) is 8.06. The third kappa shape index (κ3) is 7.88. The number of ether oxygens (including phenoxy) is 2. The highest BCUT2D eigenvalue weighted by Crippen LogP contribution is 2.23. The number of nitrogens with one attached hydrogen (secondary N) is 1. The largest absolute Gasteiger partial charge is 0.497 e. The molecule has 2 amide bonds. The van der Waals surface area contributed by atoms with Gasteiger partial charge in [0.25, 0.3) is 0 Å². The average molecular weight is 506 g/mol. The van der Waals surface area contributed by atoms with Crippen LogP contribution >= 0.6 is 0 Å². The number of carbonyl (C=O) groups is 2. The van der Waals surface area contributed by atoms with Crippen LogP contribution in [0.1, 0.15) is 32.3 Å². The molecule has 10 heteroatoms. The SMILES string of the molecule is CCCNC(=O)C(CC)N(Cc1cccc(OC)c1)C(=O)CN(c1ccc(OC)cc1)S(C)(=O)=O. The van der Waals surface area contributed by atoms with Gasteiger partial charge in [-0.05, 0) is 54.8 Å². The molecule has 2 aromatic rings. The van der Waals surface area contributed by atoms with E-state index in [4.69, 9.17) is 9.47 Å². The molecule has 9 nitrogen and oxygen atoms in total. The fourth-order valence-electron chi connectivity index (χ4n) is 3.62. The molecule has 0 bridgehead atoms. The van der Waals surface area contributed by atoms with Crippen molar-refractivity contribution in [2.75, 3.05) is 37.9 Å². The van der Waals surface area contributed by atoms with Gasteiger partial charge >= 0.3 is 0 Å². The molecule has 0 heterocycles. The van der Waals surface area contributed by atoms with Crippen LogP contribution in [0.2, 0.25) is 0 Å². The Balaban J connectivity index is 2.42. The molecule has 1 unspecified atom stereocenters. The lowest BCUT2D eigenvalue weighted by Gasteiger charge is -2.33. The minimum absolute atomic E-state index is 0.119. The number of nitrogens with zero attached hydrogens (tertiary/aromatic N) is 2. The quantitative estimate of drug-likeness (QED) is 0.449. The van der Waals surface area contributed by atoms with E-state index in [1.165, 1.54) is 12.0 Å². The smallest absolute Gasteiger partial charge is 0.244 e. The molecular weight excluding hydrogens is 470 g/mol. The summed E-state index contributed by atoms with van der Waals surface area (Å²) in [7, 11) is -0.731. The number of methoxy groups -OCH3 is 2. The van der Waals surface area contributed by atoms with Gasteiger partial charge in [-0.15, -0.1) is 0 Å². The molecule has 0 aromatic heterocycles. The Labute approximate surface area is 208 Å². The van der Waals surface area contributed by atoms with Gasteiger partial charge in [0.15, 0.2) is 0 Å². The van der Waals surface area contributed by atoms with Crippen LogP contribution in [0.5, 0.6) is 11.5 Å². The Bertz CT molecular complexity index is 1090. The van der Waals surface area contributed by atoms with Crippen LogP contribution in [0.15, 0.2) is 48.5 Å². The molecule has 0 radical (unpaired) electrons. The monoisotopic (exact) mass is 505 g/mol. The highest BCUT2D eigenvalue weighted by Gasteiger charge is 2.31. The maximum absolute atomic E-state index is 13.6. The minimum atomic E-state index is -3.79. The second-order valence-corrected chi connectivity index (χ2v) is 9.96. The molecule has 0 aliphatic heterocycles. The molecule has 1 N–H and O–H groups in total. The summed E-state index contributed by atoms with van der Waals surface area (Å²) in [4.78, 5) is 28.0. The van der Waals surface area contributed by atoms with Crippen LogP contribution in [0.25, 0.3) is 0 Å². The number of anilines is 1. The van der Waals surface area contributed by atoms with Gasteiger partial charge in [0.05, 0.1) is 26.2 Å². The Kier molecular flexibility index (Phi) is 10.4. The molecule has 0 aliphatic carbocycles. The first-order valence-electron chi connectivity index (χ1n) is 11.5. The molecule has 0 aliphatic rings. The summed E-state index contributed by atoms with van der Waals surface area (Å²) in [6, 6.07) is 12.8. The lowest BCUT2D eigenvalue weighted by Crippen LogP contribution is -2.52. The first-order valence-corrected chi connectivity index (χ1v) is 13.3. The number of hydrogen-bond donors (Lipinski definition) is 1. The van der Waals surface area contributed by atoms with Crippen molar-refractivity contribution in [2.45, 2.75) is 39.3 Å². The molecule has 2 rings (SSSR count). The van der Waals surface area contributed by atoms with Crippen molar-refractivity contribution in [1.29, 1.82) is 0 Å². The Morgan fingerprint density at radius 2 is 1.66 bits per heavy atom. The molecule has 35 heavy (non-hydrogen) atoms. The van der Waals surface area contributed by atoms with E-state index in [2.05, 4.69) is 5.32 Å². The third-order valence-corrected chi connectivity index (χ3v) is 6.60. The van der Waals surface area contributed by atoms with E-state index in [9.17, 15) is 18.0 Å². The van der Waals surface area contributed by atoms with Crippen LogP contribution in [-0.2, 0) is 26.2 Å². The lowest BCUT2D eigenvalue weighted by molar-refractivity contribution is -0.140. The van der Waals surface area contributed by atoms with Gasteiger partial charge in [-0.1, -0.05) is 26.0 Å². The Morgan fingerprint density at radius 1 is 1.00 bits per heavy atom. The number of amides is 2. The van der Waals surface area contributed by atoms with Crippen LogP contribution < -0.4 is 19.1 Å². The molecule has 0 saturated heterocycles. The van der Waals surface area contributed by atoms with Crippen molar-refractivity contribution in [2.24, 2.45) is 0 Å². The van der Waals surface area contributed by atoms with E-state index in [0.29, 0.717) is 30.2 Å². The van der Waals surface area contributed by atoms with E-state index in [-0.39, 0.29) is 12.5 Å². The molecule has 0 fully saturated rings. The topological polar surface area (TPSA) is 105 Å². The standard InChI is InChI=1S/C25H35N3O6S/c1-6-15-26-25(30)23(7-2)27(17-19-9-8-10-22(16-19)34-4)24(29)18-28(35(5,31)32)20-11-13-21(33-3)14-12-20/h8-14,16,23H,6-7,15,17-18H2,1-5H3,(H,26,30). The third-order valence-electron chi connectivity index (χ3n) is 5.46. The summed E-state index contributed by atoms with van der Waals surface area (Å²) < 4.78 is 36.7. The maximum atomic E-state index is 13.6. The predicted molar refractivity (Wildman–Crippen MR) is 136 cm³/mol. The summed E-state index contributed by atoms with van der Waals surface area (Å²) in [5.74, 6) is 0.412. The van der Waals surface area contributed by atoms with E-state index >= 15 is 0 Å². The Morgan fingerprint density at radius 3 is 2.20 bits per heavy atom. The summed E-state index contributed by atoms with van der Waals surface area (Å²) in [6.07, 6.45) is 2.17. The predicted octanol–water partition coefficient (Wildman–Crippen LogP) is 2.80. The number of carbonyl (C=O) groups excluding carboxylic acids is 2.